The van der Waals surface area contributed by atoms with Gasteiger partial charge in [0.15, 0.2) is 5.82 Å². The molecule has 0 bridgehead atoms. The van der Waals surface area contributed by atoms with Gasteiger partial charge in [-0.15, -0.1) is 10.2 Å². The molecule has 2 aromatic heterocycles. The first-order chi connectivity index (χ1) is 12.1. The Kier molecular flexibility index (Phi) is 3.72. The van der Waals surface area contributed by atoms with E-state index in [1.807, 2.05) is 25.1 Å². The third-order valence-electron chi connectivity index (χ3n) is 4.49. The van der Waals surface area contributed by atoms with E-state index in [0.717, 1.165) is 18.1 Å². The summed E-state index contributed by atoms with van der Waals surface area (Å²) < 4.78 is 2.14. The molecule has 1 aliphatic rings. The lowest BCUT2D eigenvalue weighted by molar-refractivity contribution is 0.0666. The molecule has 8 nitrogen and oxygen atoms in total. The Morgan fingerprint density at radius 3 is 2.84 bits per heavy atom. The summed E-state index contributed by atoms with van der Waals surface area (Å²) in [4.78, 5) is 14.5. The quantitative estimate of drug-likeness (QED) is 0.750. The van der Waals surface area contributed by atoms with Crippen LogP contribution >= 0.6 is 0 Å². The second-order valence-electron chi connectivity index (χ2n) is 6.27. The molecule has 1 atom stereocenters. The second kappa shape index (κ2) is 6.04. The van der Waals surface area contributed by atoms with E-state index >= 15 is 0 Å². The van der Waals surface area contributed by atoms with Crippen molar-refractivity contribution >= 4 is 11.7 Å². The Morgan fingerprint density at radius 2 is 2.12 bits per heavy atom. The summed E-state index contributed by atoms with van der Waals surface area (Å²) in [5, 5.41) is 15.0. The minimum atomic E-state index is -0.130. The molecule has 3 N–H and O–H groups in total. The number of amides is 1. The summed E-state index contributed by atoms with van der Waals surface area (Å²) in [6.07, 6.45) is 0.807. The van der Waals surface area contributed by atoms with Crippen LogP contribution in [-0.2, 0) is 13.0 Å². The molecule has 0 unspecified atom stereocenters. The largest absolute Gasteiger partial charge is 0.382 e. The number of aromatic nitrogens is 5. The first-order valence-corrected chi connectivity index (χ1v) is 8.16. The highest BCUT2D eigenvalue weighted by molar-refractivity contribution is 5.93. The molecule has 1 amide bonds. The summed E-state index contributed by atoms with van der Waals surface area (Å²) >= 11 is 0. The minimum absolute atomic E-state index is 0.0883. The van der Waals surface area contributed by atoms with Crippen molar-refractivity contribution in [3.8, 4) is 0 Å². The van der Waals surface area contributed by atoms with Crippen LogP contribution in [0.3, 0.4) is 0 Å². The van der Waals surface area contributed by atoms with Crippen LogP contribution in [0.4, 0.5) is 5.82 Å². The summed E-state index contributed by atoms with van der Waals surface area (Å²) in [7, 11) is 0. The number of carbonyl (C=O) groups excluding carboxylic acids is 1. The first-order valence-electron chi connectivity index (χ1n) is 8.16. The average molecular weight is 337 g/mol. The van der Waals surface area contributed by atoms with E-state index in [9.17, 15) is 4.79 Å². The molecular weight excluding hydrogens is 318 g/mol. The zero-order chi connectivity index (χ0) is 17.4. The van der Waals surface area contributed by atoms with Crippen LogP contribution in [0, 0.1) is 6.92 Å². The van der Waals surface area contributed by atoms with E-state index in [1.54, 1.807) is 11.0 Å². The summed E-state index contributed by atoms with van der Waals surface area (Å²) in [6.45, 7) is 2.95. The zero-order valence-electron chi connectivity index (χ0n) is 13.9. The van der Waals surface area contributed by atoms with Crippen LogP contribution in [0.25, 0.3) is 0 Å². The van der Waals surface area contributed by atoms with Crippen LogP contribution in [0.5, 0.6) is 0 Å². The molecule has 25 heavy (non-hydrogen) atoms. The number of nitrogen functional groups attached to an aromatic ring is 1. The number of nitrogens with one attached hydrogen (secondary N) is 1. The molecule has 0 fully saturated rings. The lowest BCUT2D eigenvalue weighted by Crippen LogP contribution is -2.42. The average Bonchev–Trinajstić information content (AvgIpc) is 3.21. The Labute approximate surface area is 144 Å². The van der Waals surface area contributed by atoms with Crippen molar-refractivity contribution in [3.05, 3.63) is 59.3 Å². The fraction of sp³-hybridized carbons (Fsp3) is 0.294. The number of benzene rings is 1. The van der Waals surface area contributed by atoms with Gasteiger partial charge >= 0.3 is 0 Å². The van der Waals surface area contributed by atoms with Gasteiger partial charge in [0, 0.05) is 12.6 Å². The third-order valence-corrected chi connectivity index (χ3v) is 4.49. The summed E-state index contributed by atoms with van der Waals surface area (Å²) in [5.41, 5.74) is 7.22. The summed E-state index contributed by atoms with van der Waals surface area (Å²) in [5.74, 6) is 1.84. The van der Waals surface area contributed by atoms with Gasteiger partial charge in [0.2, 0.25) is 0 Å². The molecule has 0 spiro atoms. The molecular formula is C17H19N7O. The number of aromatic amines is 1. The van der Waals surface area contributed by atoms with Gasteiger partial charge in [-0.1, -0.05) is 30.3 Å². The third kappa shape index (κ3) is 2.86. The lowest BCUT2D eigenvalue weighted by Gasteiger charge is -2.34. The monoisotopic (exact) mass is 337 g/mol. The minimum Gasteiger partial charge on any atom is -0.382 e. The fourth-order valence-corrected chi connectivity index (χ4v) is 3.38. The van der Waals surface area contributed by atoms with E-state index in [4.69, 9.17) is 5.73 Å². The maximum absolute atomic E-state index is 12.8. The molecule has 0 aliphatic carbocycles. The predicted octanol–water partition coefficient (Wildman–Crippen LogP) is 1.33. The number of anilines is 1. The SMILES string of the molecule is Cc1nnc2n1[C@H](Cc1ccccc1)CN(C(=O)c1cc(N)n[nH]1)C2. The van der Waals surface area contributed by atoms with Crippen molar-refractivity contribution in [3.63, 3.8) is 0 Å². The smallest absolute Gasteiger partial charge is 0.272 e. The van der Waals surface area contributed by atoms with Crippen molar-refractivity contribution in [2.24, 2.45) is 0 Å². The number of hydrogen-bond donors (Lipinski definition) is 2. The molecule has 0 saturated heterocycles. The lowest BCUT2D eigenvalue weighted by atomic mass is 10.0. The number of rotatable bonds is 3. The van der Waals surface area contributed by atoms with E-state index in [2.05, 4.69) is 37.1 Å². The van der Waals surface area contributed by atoms with Crippen LogP contribution in [0.15, 0.2) is 36.4 Å². The highest BCUT2D eigenvalue weighted by atomic mass is 16.2. The highest BCUT2D eigenvalue weighted by Crippen LogP contribution is 2.26. The summed E-state index contributed by atoms with van der Waals surface area (Å²) in [6, 6.07) is 11.9. The van der Waals surface area contributed by atoms with Crippen LogP contribution in [0.2, 0.25) is 0 Å². The molecule has 128 valence electrons. The number of hydrogen-bond acceptors (Lipinski definition) is 5. The maximum atomic E-state index is 12.8. The maximum Gasteiger partial charge on any atom is 0.272 e. The molecule has 1 aliphatic heterocycles. The van der Waals surface area contributed by atoms with E-state index in [1.165, 1.54) is 5.56 Å². The fourth-order valence-electron chi connectivity index (χ4n) is 3.38. The molecule has 3 aromatic rings. The topological polar surface area (TPSA) is 106 Å². The normalized spacial score (nSPS) is 16.7. The Hall–Kier alpha value is -3.16. The predicted molar refractivity (Wildman–Crippen MR) is 91.7 cm³/mol. The Morgan fingerprint density at radius 1 is 1.32 bits per heavy atom. The molecule has 0 radical (unpaired) electrons. The second-order valence-corrected chi connectivity index (χ2v) is 6.27. The highest BCUT2D eigenvalue weighted by Gasteiger charge is 2.31. The Bertz CT molecular complexity index is 899. The van der Waals surface area contributed by atoms with Gasteiger partial charge in [-0.05, 0) is 18.9 Å². The van der Waals surface area contributed by atoms with Crippen molar-refractivity contribution in [1.29, 1.82) is 0 Å². The zero-order valence-corrected chi connectivity index (χ0v) is 13.9. The number of nitrogens with zero attached hydrogens (tertiary/aromatic N) is 5. The number of nitrogens with two attached hydrogens (primary N) is 1. The van der Waals surface area contributed by atoms with Crippen LogP contribution in [0.1, 0.15) is 33.7 Å². The van der Waals surface area contributed by atoms with Gasteiger partial charge in [-0.25, -0.2) is 0 Å². The standard InChI is InChI=1S/C17H19N7O/c1-11-19-22-16-10-23(17(25)14-8-15(18)21-20-14)9-13(24(11)16)7-12-5-3-2-4-6-12/h2-6,8,13H,7,9-10H2,1H3,(H3,18,20,21)/t13-/m1/s1. The van der Waals surface area contributed by atoms with Gasteiger partial charge < -0.3 is 15.2 Å². The number of aryl methyl sites for hydroxylation is 1. The first kappa shape index (κ1) is 15.4. The molecule has 4 rings (SSSR count). The van der Waals surface area contributed by atoms with Gasteiger partial charge in [-0.3, -0.25) is 9.89 Å². The van der Waals surface area contributed by atoms with Gasteiger partial charge in [0.05, 0.1) is 12.6 Å². The van der Waals surface area contributed by atoms with Gasteiger partial charge in [0.1, 0.15) is 17.3 Å². The van der Waals surface area contributed by atoms with Crippen molar-refractivity contribution in [2.75, 3.05) is 12.3 Å². The van der Waals surface area contributed by atoms with Gasteiger partial charge in [-0.2, -0.15) is 5.10 Å². The number of fused-ring (bicyclic) bond motifs is 1. The molecule has 1 aromatic carbocycles. The van der Waals surface area contributed by atoms with Crippen LogP contribution in [-0.4, -0.2) is 42.3 Å². The van der Waals surface area contributed by atoms with Crippen molar-refractivity contribution < 1.29 is 4.79 Å². The number of carbonyl (C=O) groups is 1. The Balaban J connectivity index is 1.63. The van der Waals surface area contributed by atoms with E-state index in [-0.39, 0.29) is 11.9 Å². The molecule has 3 heterocycles. The van der Waals surface area contributed by atoms with E-state index < -0.39 is 0 Å². The van der Waals surface area contributed by atoms with Crippen molar-refractivity contribution in [1.82, 2.24) is 29.9 Å². The molecule has 0 saturated carbocycles. The van der Waals surface area contributed by atoms with E-state index in [0.29, 0.717) is 24.6 Å². The molecule has 8 heteroatoms. The number of H-pyrrole nitrogens is 1. The van der Waals surface area contributed by atoms with Crippen LogP contribution < -0.4 is 5.73 Å². The van der Waals surface area contributed by atoms with Crippen molar-refractivity contribution in [2.45, 2.75) is 25.9 Å². The van der Waals surface area contributed by atoms with Gasteiger partial charge in [0.25, 0.3) is 5.91 Å².